The molecule has 0 aromatic heterocycles. The Morgan fingerprint density at radius 1 is 1.04 bits per heavy atom. The summed E-state index contributed by atoms with van der Waals surface area (Å²) >= 11 is 1.40. The Morgan fingerprint density at radius 3 is 2.52 bits per heavy atom. The molecule has 2 unspecified atom stereocenters. The van der Waals surface area contributed by atoms with Gasteiger partial charge in [-0.3, -0.25) is 14.5 Å². The molecule has 3 heterocycles. The van der Waals surface area contributed by atoms with E-state index < -0.39 is 10.6 Å². The van der Waals surface area contributed by atoms with Crippen LogP contribution in [0.1, 0.15) is 11.1 Å². The third-order valence-electron chi connectivity index (χ3n) is 5.28. The van der Waals surface area contributed by atoms with Gasteiger partial charge in [0, 0.05) is 24.1 Å². The molecule has 3 aliphatic heterocycles. The van der Waals surface area contributed by atoms with Gasteiger partial charge in [-0.25, -0.2) is 0 Å². The fourth-order valence-electron chi connectivity index (χ4n) is 4.07. The number of benzene rings is 2. The number of amides is 2. The lowest BCUT2D eigenvalue weighted by molar-refractivity contribution is -0.149. The zero-order valence-electron chi connectivity index (χ0n) is 13.6. The average molecular weight is 352 g/mol. The van der Waals surface area contributed by atoms with Gasteiger partial charge in [-0.2, -0.15) is 0 Å². The van der Waals surface area contributed by atoms with Gasteiger partial charge in [0.25, 0.3) is 17.5 Å². The number of rotatable bonds is 1. The Hall–Kier alpha value is -2.47. The summed E-state index contributed by atoms with van der Waals surface area (Å²) in [7, 11) is 0. The summed E-state index contributed by atoms with van der Waals surface area (Å²) in [5.41, 5.74) is 1.39. The van der Waals surface area contributed by atoms with Gasteiger partial charge >= 0.3 is 0 Å². The monoisotopic (exact) mass is 352 g/mol. The van der Waals surface area contributed by atoms with Crippen LogP contribution in [0.5, 0.6) is 5.75 Å². The highest BCUT2D eigenvalue weighted by Crippen LogP contribution is 2.49. The zero-order valence-corrected chi connectivity index (χ0v) is 14.4. The molecule has 1 spiro atoms. The van der Waals surface area contributed by atoms with Crippen molar-refractivity contribution in [2.75, 3.05) is 11.2 Å². The fraction of sp³-hybridized carbons (Fsp3) is 0.263. The highest BCUT2D eigenvalue weighted by molar-refractivity contribution is 8.00. The summed E-state index contributed by atoms with van der Waals surface area (Å²) in [6.45, 7) is 0. The summed E-state index contributed by atoms with van der Waals surface area (Å²) in [5, 5.41) is 2.91. The molecule has 6 heteroatoms. The molecule has 0 aliphatic carbocycles. The number of anilines is 1. The molecule has 0 bridgehead atoms. The third kappa shape index (κ3) is 1.75. The number of carbonyl (C=O) groups excluding carboxylic acids is 2. The quantitative estimate of drug-likeness (QED) is 0.854. The van der Waals surface area contributed by atoms with Crippen LogP contribution in [0.2, 0.25) is 0 Å². The van der Waals surface area contributed by atoms with E-state index in [0.717, 1.165) is 16.8 Å². The molecule has 1 saturated heterocycles. The lowest BCUT2D eigenvalue weighted by Crippen LogP contribution is -2.76. The SMILES string of the molecule is CSC12Cc3ccccc3N1C(=O)C1(Cc3ccccc3O1)NC2=O. The van der Waals surface area contributed by atoms with Gasteiger partial charge in [0.05, 0.1) is 0 Å². The highest BCUT2D eigenvalue weighted by atomic mass is 32.2. The van der Waals surface area contributed by atoms with Crippen LogP contribution in [-0.4, -0.2) is 28.7 Å². The minimum atomic E-state index is -1.35. The van der Waals surface area contributed by atoms with Crippen molar-refractivity contribution in [1.82, 2.24) is 5.32 Å². The summed E-state index contributed by atoms with van der Waals surface area (Å²) in [5.74, 6) is 0.270. The minimum absolute atomic E-state index is 0.177. The Bertz CT molecular complexity index is 903. The Labute approximate surface area is 149 Å². The summed E-state index contributed by atoms with van der Waals surface area (Å²) < 4.78 is 6.00. The summed E-state index contributed by atoms with van der Waals surface area (Å²) in [4.78, 5) is 27.4. The number of thioether (sulfide) groups is 1. The number of fused-ring (bicyclic) bond motifs is 4. The number of carbonyl (C=O) groups is 2. The Morgan fingerprint density at radius 2 is 1.76 bits per heavy atom. The zero-order chi connectivity index (χ0) is 17.2. The number of hydrogen-bond donors (Lipinski definition) is 1. The van der Waals surface area contributed by atoms with Gasteiger partial charge in [0.1, 0.15) is 5.75 Å². The topological polar surface area (TPSA) is 58.6 Å². The molecule has 25 heavy (non-hydrogen) atoms. The molecule has 5 nitrogen and oxygen atoms in total. The van der Waals surface area contributed by atoms with Crippen LogP contribution in [0.15, 0.2) is 48.5 Å². The normalized spacial score (nSPS) is 29.1. The first-order valence-corrected chi connectivity index (χ1v) is 9.39. The van der Waals surface area contributed by atoms with Crippen molar-refractivity contribution in [1.29, 1.82) is 0 Å². The average Bonchev–Trinajstić information content (AvgIpc) is 3.16. The van der Waals surface area contributed by atoms with Crippen molar-refractivity contribution in [3.05, 3.63) is 59.7 Å². The number of para-hydroxylation sites is 2. The van der Waals surface area contributed by atoms with Gasteiger partial charge < -0.3 is 10.1 Å². The van der Waals surface area contributed by atoms with Crippen LogP contribution >= 0.6 is 11.8 Å². The lowest BCUT2D eigenvalue weighted by atomic mass is 9.98. The maximum Gasteiger partial charge on any atom is 0.294 e. The number of ether oxygens (including phenoxy) is 1. The van der Waals surface area contributed by atoms with Gasteiger partial charge in [-0.15, -0.1) is 11.8 Å². The molecule has 2 aromatic carbocycles. The molecule has 126 valence electrons. The van der Waals surface area contributed by atoms with Gasteiger partial charge in [0.2, 0.25) is 0 Å². The molecule has 3 aliphatic rings. The second-order valence-corrected chi connectivity index (χ2v) is 7.69. The first kappa shape index (κ1) is 14.8. The van der Waals surface area contributed by atoms with E-state index in [1.807, 2.05) is 54.8 Å². The molecular weight excluding hydrogens is 336 g/mol. The molecule has 1 fully saturated rings. The van der Waals surface area contributed by atoms with Crippen LogP contribution in [-0.2, 0) is 22.4 Å². The van der Waals surface area contributed by atoms with E-state index in [-0.39, 0.29) is 11.8 Å². The van der Waals surface area contributed by atoms with Crippen molar-refractivity contribution < 1.29 is 14.3 Å². The van der Waals surface area contributed by atoms with Crippen LogP contribution in [0.4, 0.5) is 5.69 Å². The molecular formula is C19H16N2O3S. The fourth-order valence-corrected chi connectivity index (χ4v) is 4.97. The molecule has 5 rings (SSSR count). The molecule has 2 aromatic rings. The van der Waals surface area contributed by atoms with E-state index in [1.54, 1.807) is 4.90 Å². The van der Waals surface area contributed by atoms with Gasteiger partial charge in [-0.05, 0) is 24.0 Å². The Balaban J connectivity index is 1.65. The largest absolute Gasteiger partial charge is 0.458 e. The van der Waals surface area contributed by atoms with Crippen molar-refractivity contribution >= 4 is 29.3 Å². The first-order valence-electron chi connectivity index (χ1n) is 8.17. The molecule has 2 atom stereocenters. The first-order chi connectivity index (χ1) is 12.1. The van der Waals surface area contributed by atoms with E-state index in [2.05, 4.69) is 5.32 Å². The van der Waals surface area contributed by atoms with Crippen LogP contribution in [0, 0.1) is 0 Å². The lowest BCUT2D eigenvalue weighted by Gasteiger charge is -2.46. The molecule has 1 N–H and O–H groups in total. The van der Waals surface area contributed by atoms with Crippen molar-refractivity contribution in [2.45, 2.75) is 23.4 Å². The standard InChI is InChI=1S/C19H16N2O3S/c1-25-19-11-12-6-2-4-8-14(12)21(19)17(23)18(20-16(19)22)10-13-7-3-5-9-15(13)24-18/h2-9H,10-11H2,1H3,(H,20,22). The van der Waals surface area contributed by atoms with Gasteiger partial charge in [-0.1, -0.05) is 36.4 Å². The second-order valence-electron chi connectivity index (χ2n) is 6.60. The van der Waals surface area contributed by atoms with E-state index in [0.29, 0.717) is 18.6 Å². The maximum absolute atomic E-state index is 13.5. The third-order valence-corrected chi connectivity index (χ3v) is 6.46. The van der Waals surface area contributed by atoms with Crippen molar-refractivity contribution in [3.8, 4) is 5.75 Å². The number of hydrogen-bond acceptors (Lipinski definition) is 4. The summed E-state index contributed by atoms with van der Waals surface area (Å²) in [6, 6.07) is 15.2. The Kier molecular flexibility index (Phi) is 2.84. The predicted molar refractivity (Wildman–Crippen MR) is 95.5 cm³/mol. The van der Waals surface area contributed by atoms with E-state index in [9.17, 15) is 9.59 Å². The molecule has 2 amide bonds. The van der Waals surface area contributed by atoms with E-state index in [4.69, 9.17) is 4.74 Å². The number of piperazine rings is 1. The van der Waals surface area contributed by atoms with E-state index in [1.165, 1.54) is 11.8 Å². The molecule has 0 radical (unpaired) electrons. The molecule has 0 saturated carbocycles. The van der Waals surface area contributed by atoms with Crippen LogP contribution < -0.4 is 15.0 Å². The minimum Gasteiger partial charge on any atom is -0.458 e. The number of nitrogens with zero attached hydrogens (tertiary/aromatic N) is 1. The predicted octanol–water partition coefficient (Wildman–Crippen LogP) is 2.10. The summed E-state index contributed by atoms with van der Waals surface area (Å²) in [6.07, 6.45) is 2.72. The second kappa shape index (κ2) is 4.79. The smallest absolute Gasteiger partial charge is 0.294 e. The highest BCUT2D eigenvalue weighted by Gasteiger charge is 2.64. The number of nitrogens with one attached hydrogen (secondary N) is 1. The van der Waals surface area contributed by atoms with Crippen LogP contribution in [0.25, 0.3) is 0 Å². The van der Waals surface area contributed by atoms with Crippen molar-refractivity contribution in [2.24, 2.45) is 0 Å². The van der Waals surface area contributed by atoms with Gasteiger partial charge in [0.15, 0.2) is 4.87 Å². The van der Waals surface area contributed by atoms with Crippen LogP contribution in [0.3, 0.4) is 0 Å². The van der Waals surface area contributed by atoms with E-state index >= 15 is 0 Å². The van der Waals surface area contributed by atoms with Crippen molar-refractivity contribution in [3.63, 3.8) is 0 Å². The maximum atomic E-state index is 13.5.